The third-order valence-corrected chi connectivity index (χ3v) is 4.03. The molecule has 9 heteroatoms. The van der Waals surface area contributed by atoms with E-state index in [1.165, 1.54) is 0 Å². The minimum atomic E-state index is -4.93. The smallest absolute Gasteiger partial charge is 0.479 e. The molecule has 0 atom stereocenters. The van der Waals surface area contributed by atoms with E-state index in [0.717, 1.165) is 23.1 Å². The van der Waals surface area contributed by atoms with Crippen LogP contribution in [0.15, 0.2) is 18.2 Å². The number of carbonyl (C=O) groups excluding carboxylic acids is 1. The molecule has 5 nitrogen and oxygen atoms in total. The summed E-state index contributed by atoms with van der Waals surface area (Å²) < 4.78 is 40.6. The number of benzene rings is 1. The van der Waals surface area contributed by atoms with Crippen molar-refractivity contribution in [1.82, 2.24) is 0 Å². The van der Waals surface area contributed by atoms with Crippen molar-refractivity contribution >= 4 is 29.2 Å². The molecule has 2 rings (SSSR count). The third kappa shape index (κ3) is 3.26. The van der Waals surface area contributed by atoms with Crippen LogP contribution in [0.2, 0.25) is 5.02 Å². The van der Waals surface area contributed by atoms with Crippen LogP contribution in [0.1, 0.15) is 19.3 Å². The molecular formula is C15H11ClF3NO4. The topological polar surface area (TPSA) is 66.8 Å². The minimum Gasteiger partial charge on any atom is -0.479 e. The number of hydrogen-bond donors (Lipinski definition) is 1. The summed E-state index contributed by atoms with van der Waals surface area (Å²) in [4.78, 5) is 24.5. The second-order valence-corrected chi connectivity index (χ2v) is 5.54. The Morgan fingerprint density at radius 1 is 1.38 bits per heavy atom. The summed E-state index contributed by atoms with van der Waals surface area (Å²) in [6.07, 6.45) is 1.08. The fourth-order valence-corrected chi connectivity index (χ4v) is 2.72. The summed E-state index contributed by atoms with van der Waals surface area (Å²) in [5, 5.41) is 9.04. The SMILES string of the molecule is C#CC(=O)N(c1ccc(OC(F)(F)F)c(Cl)c1)C1(C(=O)O)CCC1. The van der Waals surface area contributed by atoms with E-state index >= 15 is 0 Å². The van der Waals surface area contributed by atoms with Crippen molar-refractivity contribution in [2.45, 2.75) is 31.2 Å². The number of carboxylic acid groups (broad SMARTS) is 1. The fraction of sp³-hybridized carbons (Fsp3) is 0.333. The number of carboxylic acids is 1. The fourth-order valence-electron chi connectivity index (χ4n) is 2.50. The van der Waals surface area contributed by atoms with E-state index in [1.807, 2.05) is 5.92 Å². The predicted octanol–water partition coefficient (Wildman–Crippen LogP) is 3.21. The van der Waals surface area contributed by atoms with Gasteiger partial charge in [-0.3, -0.25) is 9.69 Å². The summed E-state index contributed by atoms with van der Waals surface area (Å²) in [6, 6.07) is 3.02. The van der Waals surface area contributed by atoms with Crippen molar-refractivity contribution in [3.8, 4) is 18.1 Å². The molecule has 1 amide bonds. The normalized spacial score (nSPS) is 15.8. The van der Waals surface area contributed by atoms with Crippen molar-refractivity contribution in [3.05, 3.63) is 23.2 Å². The molecule has 0 heterocycles. The molecule has 128 valence electrons. The van der Waals surface area contributed by atoms with Crippen LogP contribution in [-0.2, 0) is 9.59 Å². The first kappa shape index (κ1) is 17.9. The first-order chi connectivity index (χ1) is 11.1. The second-order valence-electron chi connectivity index (χ2n) is 5.14. The molecule has 1 fully saturated rings. The number of aliphatic carboxylic acids is 1. The van der Waals surface area contributed by atoms with Crippen LogP contribution < -0.4 is 9.64 Å². The number of ether oxygens (including phenoxy) is 1. The molecule has 0 bridgehead atoms. The zero-order valence-corrected chi connectivity index (χ0v) is 12.8. The van der Waals surface area contributed by atoms with Gasteiger partial charge in [-0.1, -0.05) is 11.6 Å². The summed E-state index contributed by atoms with van der Waals surface area (Å²) in [6.45, 7) is 0. The molecule has 0 unspecified atom stereocenters. The highest BCUT2D eigenvalue weighted by Crippen LogP contribution is 2.43. The van der Waals surface area contributed by atoms with Crippen LogP contribution in [0.3, 0.4) is 0 Å². The van der Waals surface area contributed by atoms with E-state index < -0.39 is 34.5 Å². The van der Waals surface area contributed by atoms with Gasteiger partial charge in [0.05, 0.1) is 5.02 Å². The molecule has 1 aromatic rings. The van der Waals surface area contributed by atoms with Gasteiger partial charge in [-0.15, -0.1) is 19.6 Å². The first-order valence-corrected chi connectivity index (χ1v) is 7.08. The highest BCUT2D eigenvalue weighted by molar-refractivity contribution is 6.32. The van der Waals surface area contributed by atoms with Gasteiger partial charge in [0.15, 0.2) is 0 Å². The van der Waals surface area contributed by atoms with Gasteiger partial charge in [0, 0.05) is 5.69 Å². The Morgan fingerprint density at radius 2 is 2.00 bits per heavy atom. The standard InChI is InChI=1S/C15H11ClF3NO4/c1-2-12(21)20(14(13(22)23)6-3-7-14)9-4-5-11(10(16)8-9)24-15(17,18)19/h1,4-5,8H,3,6-7H2,(H,22,23). The lowest BCUT2D eigenvalue weighted by molar-refractivity contribution is -0.274. The minimum absolute atomic E-state index is 0.0143. The molecule has 0 spiro atoms. The van der Waals surface area contributed by atoms with E-state index in [0.29, 0.717) is 6.42 Å². The van der Waals surface area contributed by atoms with Crippen molar-refractivity contribution in [2.24, 2.45) is 0 Å². The van der Waals surface area contributed by atoms with Crippen molar-refractivity contribution in [2.75, 3.05) is 4.90 Å². The Morgan fingerprint density at radius 3 is 2.38 bits per heavy atom. The highest BCUT2D eigenvalue weighted by atomic mass is 35.5. The molecule has 0 aromatic heterocycles. The van der Waals surface area contributed by atoms with Crippen molar-refractivity contribution in [1.29, 1.82) is 0 Å². The molecule has 0 aliphatic heterocycles. The lowest BCUT2D eigenvalue weighted by atomic mass is 9.75. The first-order valence-electron chi connectivity index (χ1n) is 6.70. The Balaban J connectivity index is 2.45. The molecule has 24 heavy (non-hydrogen) atoms. The zero-order chi connectivity index (χ0) is 18.1. The largest absolute Gasteiger partial charge is 0.573 e. The number of anilines is 1. The van der Waals surface area contributed by atoms with Crippen LogP contribution in [0.25, 0.3) is 0 Å². The van der Waals surface area contributed by atoms with Crippen LogP contribution in [-0.4, -0.2) is 28.9 Å². The molecule has 1 aliphatic carbocycles. The maximum Gasteiger partial charge on any atom is 0.573 e. The van der Waals surface area contributed by atoms with Crippen molar-refractivity contribution < 1.29 is 32.6 Å². The van der Waals surface area contributed by atoms with E-state index in [9.17, 15) is 27.9 Å². The Hall–Kier alpha value is -2.40. The molecule has 1 aliphatic rings. The number of terminal acetylenes is 1. The summed E-state index contributed by atoms with van der Waals surface area (Å²) in [5.41, 5.74) is -1.54. The molecule has 1 saturated carbocycles. The van der Waals surface area contributed by atoms with Gasteiger partial charge in [-0.2, -0.15) is 0 Å². The summed E-state index contributed by atoms with van der Waals surface area (Å²) in [5.74, 6) is -0.999. The van der Waals surface area contributed by atoms with Gasteiger partial charge in [-0.05, 0) is 43.4 Å². The van der Waals surface area contributed by atoms with Crippen molar-refractivity contribution in [3.63, 3.8) is 0 Å². The molecule has 0 saturated heterocycles. The lowest BCUT2D eigenvalue weighted by Gasteiger charge is -2.45. The Bertz CT molecular complexity index is 722. The zero-order valence-electron chi connectivity index (χ0n) is 12.1. The second kappa shape index (κ2) is 6.24. The average molecular weight is 362 g/mol. The predicted molar refractivity (Wildman–Crippen MR) is 78.7 cm³/mol. The van der Waals surface area contributed by atoms with Crippen LogP contribution in [0.4, 0.5) is 18.9 Å². The molecule has 1 aromatic carbocycles. The number of halogens is 4. The van der Waals surface area contributed by atoms with Crippen LogP contribution in [0, 0.1) is 12.3 Å². The van der Waals surface area contributed by atoms with Gasteiger partial charge < -0.3 is 9.84 Å². The summed E-state index contributed by atoms with van der Waals surface area (Å²) >= 11 is 5.76. The van der Waals surface area contributed by atoms with E-state index in [1.54, 1.807) is 0 Å². The average Bonchev–Trinajstić information content (AvgIpc) is 2.42. The van der Waals surface area contributed by atoms with Gasteiger partial charge in [0.2, 0.25) is 0 Å². The number of amides is 1. The van der Waals surface area contributed by atoms with Crippen LogP contribution >= 0.6 is 11.6 Å². The maximum atomic E-state index is 12.3. The van der Waals surface area contributed by atoms with Gasteiger partial charge in [0.1, 0.15) is 11.3 Å². The number of carbonyl (C=O) groups is 2. The number of rotatable bonds is 4. The highest BCUT2D eigenvalue weighted by Gasteiger charge is 2.52. The quantitative estimate of drug-likeness (QED) is 0.836. The molecule has 0 radical (unpaired) electrons. The Labute approximate surface area is 139 Å². The van der Waals surface area contributed by atoms with E-state index in [4.69, 9.17) is 18.0 Å². The van der Waals surface area contributed by atoms with Gasteiger partial charge in [0.25, 0.3) is 0 Å². The van der Waals surface area contributed by atoms with Gasteiger partial charge >= 0.3 is 18.2 Å². The number of alkyl halides is 3. The van der Waals surface area contributed by atoms with Gasteiger partial charge in [-0.25, -0.2) is 4.79 Å². The van der Waals surface area contributed by atoms with E-state index in [2.05, 4.69) is 4.74 Å². The summed E-state index contributed by atoms with van der Waals surface area (Å²) in [7, 11) is 0. The Kier molecular flexibility index (Phi) is 4.67. The van der Waals surface area contributed by atoms with E-state index in [-0.39, 0.29) is 18.5 Å². The monoisotopic (exact) mass is 361 g/mol. The maximum absolute atomic E-state index is 12.3. The lowest BCUT2D eigenvalue weighted by Crippen LogP contribution is -2.61. The third-order valence-electron chi connectivity index (χ3n) is 3.73. The number of hydrogen-bond acceptors (Lipinski definition) is 3. The molecule has 1 N–H and O–H groups in total. The number of nitrogens with zero attached hydrogens (tertiary/aromatic N) is 1. The van der Waals surface area contributed by atoms with Crippen LogP contribution in [0.5, 0.6) is 5.75 Å². The molecular weight excluding hydrogens is 351 g/mol.